The summed E-state index contributed by atoms with van der Waals surface area (Å²) < 4.78 is 0. The van der Waals surface area contributed by atoms with E-state index in [-0.39, 0.29) is 17.9 Å². The first-order chi connectivity index (χ1) is 9.61. The van der Waals surface area contributed by atoms with Crippen molar-refractivity contribution in [2.24, 2.45) is 23.5 Å². The zero-order valence-corrected chi connectivity index (χ0v) is 13.2. The van der Waals surface area contributed by atoms with Crippen molar-refractivity contribution in [1.82, 2.24) is 5.32 Å². The van der Waals surface area contributed by atoms with E-state index in [9.17, 15) is 4.79 Å². The molecular weight excluding hydrogens is 248 g/mol. The summed E-state index contributed by atoms with van der Waals surface area (Å²) in [5.41, 5.74) is 6.23. The average Bonchev–Trinajstić information content (AvgIpc) is 2.44. The highest BCUT2D eigenvalue weighted by Gasteiger charge is 2.34. The van der Waals surface area contributed by atoms with Gasteiger partial charge in [-0.2, -0.15) is 0 Å². The summed E-state index contributed by atoms with van der Waals surface area (Å²) in [6.45, 7) is 4.44. The molecule has 3 N–H and O–H groups in total. The Morgan fingerprint density at radius 1 is 1.15 bits per heavy atom. The molecule has 2 fully saturated rings. The second-order valence-corrected chi connectivity index (χ2v) is 7.11. The van der Waals surface area contributed by atoms with Crippen LogP contribution in [0.25, 0.3) is 0 Å². The smallest absolute Gasteiger partial charge is 0.224 e. The van der Waals surface area contributed by atoms with Gasteiger partial charge in [0.1, 0.15) is 0 Å². The molecule has 0 spiro atoms. The van der Waals surface area contributed by atoms with E-state index >= 15 is 0 Å². The van der Waals surface area contributed by atoms with E-state index < -0.39 is 0 Å². The third-order valence-corrected chi connectivity index (χ3v) is 5.52. The second kappa shape index (κ2) is 7.44. The Morgan fingerprint density at radius 3 is 2.50 bits per heavy atom. The van der Waals surface area contributed by atoms with E-state index in [1.165, 1.54) is 32.1 Å². The number of rotatable bonds is 4. The van der Waals surface area contributed by atoms with Gasteiger partial charge in [0.2, 0.25) is 5.91 Å². The van der Waals surface area contributed by atoms with Crippen molar-refractivity contribution in [3.05, 3.63) is 0 Å². The lowest BCUT2D eigenvalue weighted by Crippen LogP contribution is -2.50. The van der Waals surface area contributed by atoms with Crippen LogP contribution >= 0.6 is 0 Å². The summed E-state index contributed by atoms with van der Waals surface area (Å²) >= 11 is 0. The van der Waals surface area contributed by atoms with Crippen LogP contribution in [-0.4, -0.2) is 18.0 Å². The topological polar surface area (TPSA) is 55.1 Å². The van der Waals surface area contributed by atoms with Gasteiger partial charge < -0.3 is 11.1 Å². The Kier molecular flexibility index (Phi) is 5.88. The number of carbonyl (C=O) groups is 1. The molecule has 2 rings (SSSR count). The number of nitrogens with two attached hydrogens (primary N) is 1. The van der Waals surface area contributed by atoms with Crippen molar-refractivity contribution in [2.45, 2.75) is 83.7 Å². The summed E-state index contributed by atoms with van der Waals surface area (Å²) in [7, 11) is 0. The van der Waals surface area contributed by atoms with E-state index in [0.29, 0.717) is 12.0 Å². The van der Waals surface area contributed by atoms with Crippen molar-refractivity contribution in [1.29, 1.82) is 0 Å². The summed E-state index contributed by atoms with van der Waals surface area (Å²) in [5.74, 6) is 1.65. The minimum Gasteiger partial charge on any atom is -0.353 e. The molecule has 20 heavy (non-hydrogen) atoms. The van der Waals surface area contributed by atoms with Gasteiger partial charge in [-0.25, -0.2) is 0 Å². The van der Waals surface area contributed by atoms with Crippen LogP contribution in [0.15, 0.2) is 0 Å². The summed E-state index contributed by atoms with van der Waals surface area (Å²) in [4.78, 5) is 12.4. The van der Waals surface area contributed by atoms with Crippen LogP contribution in [0.1, 0.15) is 71.6 Å². The first kappa shape index (κ1) is 15.8. The van der Waals surface area contributed by atoms with Crippen molar-refractivity contribution >= 4 is 5.91 Å². The van der Waals surface area contributed by atoms with E-state index in [4.69, 9.17) is 5.73 Å². The van der Waals surface area contributed by atoms with E-state index in [1.807, 2.05) is 0 Å². The molecule has 2 saturated carbocycles. The quantitative estimate of drug-likeness (QED) is 0.830. The highest BCUT2D eigenvalue weighted by atomic mass is 16.2. The molecule has 3 unspecified atom stereocenters. The van der Waals surface area contributed by atoms with Crippen LogP contribution in [0, 0.1) is 17.8 Å². The Labute approximate surface area is 124 Å². The molecule has 3 nitrogen and oxygen atoms in total. The Hall–Kier alpha value is -0.570. The second-order valence-electron chi connectivity index (χ2n) is 7.11. The van der Waals surface area contributed by atoms with Crippen LogP contribution in [0.5, 0.6) is 0 Å². The van der Waals surface area contributed by atoms with Gasteiger partial charge >= 0.3 is 0 Å². The lowest BCUT2D eigenvalue weighted by molar-refractivity contribution is -0.128. The van der Waals surface area contributed by atoms with Gasteiger partial charge in [0, 0.05) is 12.1 Å². The van der Waals surface area contributed by atoms with Crippen LogP contribution in [0.4, 0.5) is 0 Å². The van der Waals surface area contributed by atoms with Crippen LogP contribution < -0.4 is 11.1 Å². The van der Waals surface area contributed by atoms with Gasteiger partial charge in [-0.1, -0.05) is 33.1 Å². The zero-order valence-electron chi connectivity index (χ0n) is 13.2. The van der Waals surface area contributed by atoms with Gasteiger partial charge in [-0.05, 0) is 50.4 Å². The lowest BCUT2D eigenvalue weighted by atomic mass is 9.77. The Morgan fingerprint density at radius 2 is 1.85 bits per heavy atom. The molecule has 3 atom stereocenters. The maximum Gasteiger partial charge on any atom is 0.224 e. The van der Waals surface area contributed by atoms with Crippen molar-refractivity contribution < 1.29 is 4.79 Å². The van der Waals surface area contributed by atoms with Gasteiger partial charge in [0.25, 0.3) is 0 Å². The van der Waals surface area contributed by atoms with Crippen LogP contribution in [0.2, 0.25) is 0 Å². The fraction of sp³-hybridized carbons (Fsp3) is 0.941. The molecular formula is C17H32N2O. The summed E-state index contributed by atoms with van der Waals surface area (Å²) in [6.07, 6.45) is 10.8. The molecule has 0 aromatic heterocycles. The molecule has 0 heterocycles. The fourth-order valence-corrected chi connectivity index (χ4v) is 4.06. The fourth-order valence-electron chi connectivity index (χ4n) is 4.06. The molecule has 3 heteroatoms. The minimum atomic E-state index is 0.0483. The van der Waals surface area contributed by atoms with E-state index in [2.05, 4.69) is 19.2 Å². The molecule has 0 bridgehead atoms. The third-order valence-electron chi connectivity index (χ3n) is 5.52. The molecule has 116 valence electrons. The maximum absolute atomic E-state index is 12.4. The molecule has 0 saturated heterocycles. The van der Waals surface area contributed by atoms with Crippen molar-refractivity contribution in [3.8, 4) is 0 Å². The number of hydrogen-bond acceptors (Lipinski definition) is 2. The van der Waals surface area contributed by atoms with Gasteiger partial charge in [0.05, 0.1) is 5.92 Å². The van der Waals surface area contributed by atoms with Crippen molar-refractivity contribution in [3.63, 3.8) is 0 Å². The van der Waals surface area contributed by atoms with Gasteiger partial charge in [-0.15, -0.1) is 0 Å². The standard InChI is InChI=1S/C17H32N2O/c1-3-5-13-8-10-14(11-9-13)19-17(20)15-7-4-6-12(2)16(15)18/h12-16H,3-11,18H2,1-2H3,(H,19,20). The molecule has 0 radical (unpaired) electrons. The summed E-state index contributed by atoms with van der Waals surface area (Å²) in [6, 6.07) is 0.459. The van der Waals surface area contributed by atoms with E-state index in [0.717, 1.165) is 31.6 Å². The highest BCUT2D eigenvalue weighted by Crippen LogP contribution is 2.30. The molecule has 1 amide bonds. The molecule has 0 aromatic rings. The molecule has 2 aliphatic rings. The largest absolute Gasteiger partial charge is 0.353 e. The number of amides is 1. The van der Waals surface area contributed by atoms with E-state index in [1.54, 1.807) is 0 Å². The van der Waals surface area contributed by atoms with Gasteiger partial charge in [0.15, 0.2) is 0 Å². The first-order valence-corrected chi connectivity index (χ1v) is 8.67. The Bertz CT molecular complexity index is 310. The maximum atomic E-state index is 12.4. The first-order valence-electron chi connectivity index (χ1n) is 8.67. The monoisotopic (exact) mass is 280 g/mol. The van der Waals surface area contributed by atoms with Gasteiger partial charge in [-0.3, -0.25) is 4.79 Å². The highest BCUT2D eigenvalue weighted by molar-refractivity contribution is 5.79. The average molecular weight is 280 g/mol. The Balaban J connectivity index is 1.77. The number of nitrogens with one attached hydrogen (secondary N) is 1. The molecule has 0 aliphatic heterocycles. The predicted octanol–water partition coefficient (Wildman–Crippen LogP) is 3.23. The number of carbonyl (C=O) groups excluding carboxylic acids is 1. The summed E-state index contributed by atoms with van der Waals surface area (Å²) in [5, 5.41) is 3.28. The SMILES string of the molecule is CCCC1CCC(NC(=O)C2CCCC(C)C2N)CC1. The molecule has 0 aromatic carbocycles. The predicted molar refractivity (Wildman–Crippen MR) is 83.3 cm³/mol. The lowest BCUT2D eigenvalue weighted by Gasteiger charge is -2.35. The number of hydrogen-bond donors (Lipinski definition) is 2. The third kappa shape index (κ3) is 3.97. The minimum absolute atomic E-state index is 0.0483. The van der Waals surface area contributed by atoms with Crippen LogP contribution in [-0.2, 0) is 4.79 Å². The zero-order chi connectivity index (χ0) is 14.5. The van der Waals surface area contributed by atoms with Crippen molar-refractivity contribution in [2.75, 3.05) is 0 Å². The normalized spacial score (nSPS) is 38.5. The molecule has 2 aliphatic carbocycles. The van der Waals surface area contributed by atoms with Crippen LogP contribution in [0.3, 0.4) is 0 Å².